The van der Waals surface area contributed by atoms with E-state index in [2.05, 4.69) is 15.5 Å². The van der Waals surface area contributed by atoms with E-state index in [1.807, 2.05) is 16.7 Å². The fraction of sp³-hybridized carbons (Fsp3) is 0.176. The number of pyridine rings is 1. The first-order chi connectivity index (χ1) is 21.3. The van der Waals surface area contributed by atoms with E-state index >= 15 is 0 Å². The molecule has 0 radical (unpaired) electrons. The minimum absolute atomic E-state index is 0.00358. The largest absolute Gasteiger partial charge is 0.422 e. The minimum atomic E-state index is -0.756. The third-order valence-corrected chi connectivity index (χ3v) is 8.57. The third-order valence-electron chi connectivity index (χ3n) is 8.32. The lowest BCUT2D eigenvalue weighted by Crippen LogP contribution is -2.47. The number of hydrogen-bond acceptors (Lipinski definition) is 6. The molecule has 2 unspecified atom stereocenters. The molecule has 2 bridgehead atoms. The second-order valence-corrected chi connectivity index (χ2v) is 11.7. The Labute approximate surface area is 256 Å². The Morgan fingerprint density at radius 1 is 0.818 bits per heavy atom. The number of nitrogens with zero attached hydrogens (tertiary/aromatic N) is 2. The van der Waals surface area contributed by atoms with Gasteiger partial charge in [-0.1, -0.05) is 35.9 Å². The van der Waals surface area contributed by atoms with Crippen LogP contribution in [0.1, 0.15) is 38.7 Å². The number of amides is 2. The van der Waals surface area contributed by atoms with Crippen LogP contribution in [0, 0.1) is 5.92 Å². The van der Waals surface area contributed by atoms with Crippen LogP contribution in [0.15, 0.2) is 105 Å². The van der Waals surface area contributed by atoms with Crippen LogP contribution >= 0.6 is 11.6 Å². The Morgan fingerprint density at radius 2 is 1.64 bits per heavy atom. The number of piperidine rings is 1. The summed E-state index contributed by atoms with van der Waals surface area (Å²) in [5.41, 5.74) is 2.47. The Morgan fingerprint density at radius 3 is 2.48 bits per heavy atom. The van der Waals surface area contributed by atoms with E-state index < -0.39 is 11.5 Å². The lowest BCUT2D eigenvalue weighted by molar-refractivity contribution is 0.101. The zero-order valence-electron chi connectivity index (χ0n) is 23.5. The number of carbonyl (C=O) groups is 2. The van der Waals surface area contributed by atoms with Crippen LogP contribution in [0.25, 0.3) is 11.0 Å². The van der Waals surface area contributed by atoms with E-state index in [-0.39, 0.29) is 28.9 Å². The number of rotatable bonds is 5. The van der Waals surface area contributed by atoms with Crippen molar-refractivity contribution < 1.29 is 14.0 Å². The lowest BCUT2D eigenvalue weighted by Gasteiger charge is -2.44. The van der Waals surface area contributed by atoms with Gasteiger partial charge in [0.15, 0.2) is 0 Å². The molecule has 7 rings (SSSR count). The summed E-state index contributed by atoms with van der Waals surface area (Å²) < 4.78 is 7.26. The average molecular weight is 607 g/mol. The predicted molar refractivity (Wildman–Crippen MR) is 170 cm³/mol. The maximum atomic E-state index is 13.6. The van der Waals surface area contributed by atoms with Crippen molar-refractivity contribution in [1.82, 2.24) is 4.57 Å². The fourth-order valence-corrected chi connectivity index (χ4v) is 6.42. The summed E-state index contributed by atoms with van der Waals surface area (Å²) in [7, 11) is 0. The van der Waals surface area contributed by atoms with Gasteiger partial charge in [0.25, 0.3) is 17.4 Å². The van der Waals surface area contributed by atoms with Gasteiger partial charge in [-0.05, 0) is 73.0 Å². The van der Waals surface area contributed by atoms with Crippen molar-refractivity contribution in [2.24, 2.45) is 5.92 Å². The normalized spacial score (nSPS) is 17.2. The molecule has 10 heteroatoms. The minimum Gasteiger partial charge on any atom is -0.422 e. The molecule has 9 nitrogen and oxygen atoms in total. The molecule has 2 N–H and O–H groups in total. The Kier molecular flexibility index (Phi) is 7.02. The molecule has 3 aromatic carbocycles. The first-order valence-corrected chi connectivity index (χ1v) is 14.7. The second kappa shape index (κ2) is 11.2. The van der Waals surface area contributed by atoms with E-state index in [9.17, 15) is 19.2 Å². The lowest BCUT2D eigenvalue weighted by atomic mass is 9.83. The molecule has 2 aliphatic heterocycles. The first kappa shape index (κ1) is 27.7. The highest BCUT2D eigenvalue weighted by atomic mass is 35.5. The Bertz CT molecular complexity index is 2050. The number of aromatic nitrogens is 1. The molecule has 2 aromatic heterocycles. The van der Waals surface area contributed by atoms with Crippen LogP contribution in [-0.4, -0.2) is 29.5 Å². The maximum Gasteiger partial charge on any atom is 0.349 e. The molecule has 0 aliphatic carbocycles. The number of fused-ring (bicyclic) bond motifs is 5. The number of anilines is 3. The average Bonchev–Trinajstić information content (AvgIpc) is 3.02. The first-order valence-electron chi connectivity index (χ1n) is 14.3. The molecule has 2 aliphatic rings. The topological polar surface area (TPSA) is 114 Å². The van der Waals surface area contributed by atoms with Gasteiger partial charge in [-0.2, -0.15) is 0 Å². The van der Waals surface area contributed by atoms with Gasteiger partial charge in [0.2, 0.25) is 0 Å². The second-order valence-electron chi connectivity index (χ2n) is 11.2. The summed E-state index contributed by atoms with van der Waals surface area (Å²) in [5.74, 6) is -0.663. The molecule has 220 valence electrons. The molecule has 4 heterocycles. The monoisotopic (exact) mass is 606 g/mol. The molecule has 0 spiro atoms. The highest BCUT2D eigenvalue weighted by Crippen LogP contribution is 2.39. The summed E-state index contributed by atoms with van der Waals surface area (Å²) >= 11 is 5.99. The predicted octanol–water partition coefficient (Wildman–Crippen LogP) is 5.74. The van der Waals surface area contributed by atoms with Crippen molar-refractivity contribution in [3.05, 3.63) is 134 Å². The number of para-hydroxylation sites is 1. The van der Waals surface area contributed by atoms with E-state index in [1.165, 1.54) is 6.07 Å². The van der Waals surface area contributed by atoms with Crippen molar-refractivity contribution in [3.8, 4) is 0 Å². The molecule has 0 saturated carbocycles. The highest BCUT2D eigenvalue weighted by molar-refractivity contribution is 6.30. The van der Waals surface area contributed by atoms with Gasteiger partial charge < -0.3 is 24.5 Å². The van der Waals surface area contributed by atoms with Crippen molar-refractivity contribution >= 4 is 51.4 Å². The zero-order chi connectivity index (χ0) is 30.4. The van der Waals surface area contributed by atoms with Crippen LogP contribution in [0.5, 0.6) is 0 Å². The van der Waals surface area contributed by atoms with Gasteiger partial charge in [-0.3, -0.25) is 14.4 Å². The summed E-state index contributed by atoms with van der Waals surface area (Å²) in [6.07, 6.45) is 0.960. The molecule has 5 aromatic rings. The molecular formula is C34H27ClN4O5. The SMILES string of the molecule is O=C(Nc1ccc(Cl)cc1)c1ccc(N2CC3CC(C2)c2cccc(=O)n2C3)c(NC(=O)c2cc3ccccc3oc2=O)c1. The van der Waals surface area contributed by atoms with Gasteiger partial charge in [0, 0.05) is 59.0 Å². The van der Waals surface area contributed by atoms with Gasteiger partial charge >= 0.3 is 5.63 Å². The van der Waals surface area contributed by atoms with E-state index in [0.29, 0.717) is 58.3 Å². The van der Waals surface area contributed by atoms with Crippen LogP contribution in [-0.2, 0) is 6.54 Å². The van der Waals surface area contributed by atoms with Crippen LogP contribution in [0.4, 0.5) is 17.1 Å². The third kappa shape index (κ3) is 5.26. The number of halogens is 1. The summed E-state index contributed by atoms with van der Waals surface area (Å²) in [6, 6.07) is 25.8. The zero-order valence-corrected chi connectivity index (χ0v) is 24.2. The summed E-state index contributed by atoms with van der Waals surface area (Å²) in [4.78, 5) is 54.3. The van der Waals surface area contributed by atoms with Crippen LogP contribution in [0.3, 0.4) is 0 Å². The smallest absolute Gasteiger partial charge is 0.349 e. The molecule has 1 fully saturated rings. The van der Waals surface area contributed by atoms with Crippen molar-refractivity contribution in [1.29, 1.82) is 0 Å². The number of hydrogen-bond donors (Lipinski definition) is 2. The Hall–Kier alpha value is -5.15. The fourth-order valence-electron chi connectivity index (χ4n) is 6.29. The molecule has 2 amide bonds. The molecule has 2 atom stereocenters. The molecule has 44 heavy (non-hydrogen) atoms. The quantitative estimate of drug-likeness (QED) is 0.247. The van der Waals surface area contributed by atoms with Crippen molar-refractivity contribution in [2.75, 3.05) is 28.6 Å². The van der Waals surface area contributed by atoms with E-state index in [4.69, 9.17) is 16.0 Å². The van der Waals surface area contributed by atoms with Crippen molar-refractivity contribution in [3.63, 3.8) is 0 Å². The molecular weight excluding hydrogens is 580 g/mol. The van der Waals surface area contributed by atoms with E-state index in [1.54, 1.807) is 72.8 Å². The van der Waals surface area contributed by atoms with Crippen LogP contribution < -0.4 is 26.7 Å². The van der Waals surface area contributed by atoms with Gasteiger partial charge in [-0.15, -0.1) is 0 Å². The summed E-state index contributed by atoms with van der Waals surface area (Å²) in [6.45, 7) is 1.90. The number of benzene rings is 3. The van der Waals surface area contributed by atoms with Gasteiger partial charge in [-0.25, -0.2) is 4.79 Å². The maximum absolute atomic E-state index is 13.6. The molecule has 1 saturated heterocycles. The van der Waals surface area contributed by atoms with Gasteiger partial charge in [0.1, 0.15) is 11.1 Å². The van der Waals surface area contributed by atoms with E-state index in [0.717, 1.165) is 12.1 Å². The van der Waals surface area contributed by atoms with Crippen LogP contribution in [0.2, 0.25) is 5.02 Å². The standard InChI is InChI=1S/C34H27ClN4O5/c35-24-9-11-25(12-10-24)36-32(41)22-8-13-29(38-17-20-14-23(19-38)28-5-3-7-31(40)39(28)18-20)27(16-22)37-33(42)26-15-21-4-1-2-6-30(21)44-34(26)43/h1-13,15-16,20,23H,14,17-19H2,(H,36,41)(H,37,42). The van der Waals surface area contributed by atoms with Crippen molar-refractivity contribution in [2.45, 2.75) is 18.9 Å². The summed E-state index contributed by atoms with van der Waals surface area (Å²) in [5, 5.41) is 6.92. The highest BCUT2D eigenvalue weighted by Gasteiger charge is 2.35. The Balaban J connectivity index is 1.24. The number of carbonyl (C=O) groups excluding carboxylic acids is 2. The van der Waals surface area contributed by atoms with Gasteiger partial charge in [0.05, 0.1) is 11.4 Å². The number of nitrogens with one attached hydrogen (secondary N) is 2.